The van der Waals surface area contributed by atoms with Crippen molar-refractivity contribution in [3.05, 3.63) is 57.9 Å². The van der Waals surface area contributed by atoms with Crippen LogP contribution in [0.2, 0.25) is 5.02 Å². The van der Waals surface area contributed by atoms with Gasteiger partial charge in [-0.05, 0) is 18.2 Å². The summed E-state index contributed by atoms with van der Waals surface area (Å²) in [6, 6.07) is 7.00. The first-order valence-electron chi connectivity index (χ1n) is 5.96. The number of aromatic carboxylic acids is 1. The minimum Gasteiger partial charge on any atom is -0.478 e. The summed E-state index contributed by atoms with van der Waals surface area (Å²) in [6.07, 6.45) is 4.81. The van der Waals surface area contributed by atoms with Gasteiger partial charge < -0.3 is 14.8 Å². The van der Waals surface area contributed by atoms with Gasteiger partial charge in [0.2, 0.25) is 0 Å². The second-order valence-corrected chi connectivity index (χ2v) is 5.67. The lowest BCUT2D eigenvalue weighted by Gasteiger charge is -2.12. The lowest BCUT2D eigenvalue weighted by atomic mass is 10.2. The standard InChI is InChI=1S/C14H9BrClN3O2/c15-8-1-2-11(10(16)5-8)18-12-6-13-17-3-4-19(13)7-9(12)14(20)21/h1-7,18H,(H,20,21). The number of fused-ring (bicyclic) bond motifs is 1. The van der Waals surface area contributed by atoms with Crippen molar-refractivity contribution in [1.29, 1.82) is 0 Å². The van der Waals surface area contributed by atoms with Crippen LogP contribution in [0.3, 0.4) is 0 Å². The van der Waals surface area contributed by atoms with Crippen LogP contribution in [0.5, 0.6) is 0 Å². The topological polar surface area (TPSA) is 66.6 Å². The minimum absolute atomic E-state index is 0.138. The average molecular weight is 367 g/mol. The van der Waals surface area contributed by atoms with E-state index >= 15 is 0 Å². The fraction of sp³-hybridized carbons (Fsp3) is 0. The monoisotopic (exact) mass is 365 g/mol. The molecule has 2 heterocycles. The van der Waals surface area contributed by atoms with E-state index in [1.54, 1.807) is 35.0 Å². The highest BCUT2D eigenvalue weighted by Crippen LogP contribution is 2.30. The van der Waals surface area contributed by atoms with Crippen LogP contribution >= 0.6 is 27.5 Å². The van der Waals surface area contributed by atoms with Gasteiger partial charge in [-0.2, -0.15) is 0 Å². The summed E-state index contributed by atoms with van der Waals surface area (Å²) in [5.41, 5.74) is 1.85. The molecular weight excluding hydrogens is 358 g/mol. The smallest absolute Gasteiger partial charge is 0.339 e. The Labute approximate surface area is 133 Å². The number of halogens is 2. The molecule has 0 spiro atoms. The molecule has 0 aliphatic carbocycles. The van der Waals surface area contributed by atoms with Crippen molar-refractivity contribution in [2.75, 3.05) is 5.32 Å². The fourth-order valence-corrected chi connectivity index (χ4v) is 2.69. The number of anilines is 2. The summed E-state index contributed by atoms with van der Waals surface area (Å²) in [4.78, 5) is 15.5. The third kappa shape index (κ3) is 2.72. The summed E-state index contributed by atoms with van der Waals surface area (Å²) >= 11 is 9.47. The Morgan fingerprint density at radius 3 is 2.86 bits per heavy atom. The third-order valence-electron chi connectivity index (χ3n) is 2.96. The Morgan fingerprint density at radius 2 is 2.14 bits per heavy atom. The van der Waals surface area contributed by atoms with Crippen LogP contribution in [0.4, 0.5) is 11.4 Å². The van der Waals surface area contributed by atoms with E-state index < -0.39 is 5.97 Å². The molecule has 0 aliphatic rings. The second kappa shape index (κ2) is 5.38. The van der Waals surface area contributed by atoms with Crippen LogP contribution in [0.1, 0.15) is 10.4 Å². The van der Waals surface area contributed by atoms with Gasteiger partial charge in [-0.25, -0.2) is 9.78 Å². The van der Waals surface area contributed by atoms with Gasteiger partial charge in [0.25, 0.3) is 0 Å². The highest BCUT2D eigenvalue weighted by molar-refractivity contribution is 9.10. The molecule has 2 aromatic heterocycles. The van der Waals surface area contributed by atoms with Gasteiger partial charge >= 0.3 is 5.97 Å². The number of carboxylic acids is 1. The number of aromatic nitrogens is 2. The first-order chi connectivity index (χ1) is 10.0. The summed E-state index contributed by atoms with van der Waals surface area (Å²) in [7, 11) is 0. The van der Waals surface area contributed by atoms with Crippen molar-refractivity contribution < 1.29 is 9.90 Å². The molecule has 5 nitrogen and oxygen atoms in total. The number of pyridine rings is 1. The molecule has 0 unspecified atom stereocenters. The third-order valence-corrected chi connectivity index (χ3v) is 3.77. The maximum absolute atomic E-state index is 11.4. The number of hydrogen-bond donors (Lipinski definition) is 2. The van der Waals surface area contributed by atoms with Crippen molar-refractivity contribution in [2.24, 2.45) is 0 Å². The zero-order valence-electron chi connectivity index (χ0n) is 10.5. The van der Waals surface area contributed by atoms with Gasteiger partial charge in [-0.1, -0.05) is 27.5 Å². The van der Waals surface area contributed by atoms with E-state index in [-0.39, 0.29) is 5.56 Å². The molecule has 0 radical (unpaired) electrons. The van der Waals surface area contributed by atoms with Crippen LogP contribution < -0.4 is 5.32 Å². The van der Waals surface area contributed by atoms with E-state index in [0.29, 0.717) is 22.0 Å². The first kappa shape index (κ1) is 13.9. The van der Waals surface area contributed by atoms with Crippen LogP contribution in [0, 0.1) is 0 Å². The number of imidazole rings is 1. The number of nitrogens with zero attached hydrogens (tertiary/aromatic N) is 2. The highest BCUT2D eigenvalue weighted by atomic mass is 79.9. The molecule has 0 bridgehead atoms. The maximum atomic E-state index is 11.4. The normalized spacial score (nSPS) is 10.8. The number of carbonyl (C=O) groups is 1. The first-order valence-corrected chi connectivity index (χ1v) is 7.14. The Kier molecular flexibility index (Phi) is 3.57. The van der Waals surface area contributed by atoms with Gasteiger partial charge in [-0.3, -0.25) is 0 Å². The Bertz CT molecular complexity index is 847. The lowest BCUT2D eigenvalue weighted by molar-refractivity contribution is 0.0697. The molecule has 0 aliphatic heterocycles. The van der Waals surface area contributed by atoms with Crippen LogP contribution in [-0.4, -0.2) is 20.5 Å². The largest absolute Gasteiger partial charge is 0.478 e. The van der Waals surface area contributed by atoms with Crippen molar-refractivity contribution in [1.82, 2.24) is 9.38 Å². The molecule has 0 atom stereocenters. The van der Waals surface area contributed by atoms with E-state index in [9.17, 15) is 9.90 Å². The molecule has 21 heavy (non-hydrogen) atoms. The van der Waals surface area contributed by atoms with Crippen LogP contribution in [-0.2, 0) is 0 Å². The fourth-order valence-electron chi connectivity index (χ4n) is 1.97. The predicted octanol–water partition coefficient (Wildman–Crippen LogP) is 4.19. The number of nitrogens with one attached hydrogen (secondary N) is 1. The Balaban J connectivity index is 2.09. The molecule has 3 rings (SSSR count). The Morgan fingerprint density at radius 1 is 1.33 bits per heavy atom. The van der Waals surface area contributed by atoms with E-state index in [1.165, 1.54) is 6.20 Å². The highest BCUT2D eigenvalue weighted by Gasteiger charge is 2.13. The van der Waals surface area contributed by atoms with Crippen LogP contribution in [0.15, 0.2) is 47.3 Å². The number of carboxylic acid groups (broad SMARTS) is 1. The SMILES string of the molecule is O=C(O)c1cn2ccnc2cc1Nc1ccc(Br)cc1Cl. The van der Waals surface area contributed by atoms with Crippen molar-refractivity contribution >= 4 is 50.5 Å². The zero-order chi connectivity index (χ0) is 15.0. The number of benzene rings is 1. The van der Waals surface area contributed by atoms with Gasteiger partial charge in [-0.15, -0.1) is 0 Å². The minimum atomic E-state index is -1.03. The van der Waals surface area contributed by atoms with Crippen molar-refractivity contribution in [3.8, 4) is 0 Å². The molecule has 0 amide bonds. The predicted molar refractivity (Wildman–Crippen MR) is 84.6 cm³/mol. The number of hydrogen-bond acceptors (Lipinski definition) is 3. The molecular formula is C14H9BrClN3O2. The molecule has 1 aromatic carbocycles. The quantitative estimate of drug-likeness (QED) is 0.729. The maximum Gasteiger partial charge on any atom is 0.339 e. The zero-order valence-corrected chi connectivity index (χ0v) is 12.9. The lowest BCUT2D eigenvalue weighted by Crippen LogP contribution is -2.05. The molecule has 0 saturated heterocycles. The van der Waals surface area contributed by atoms with E-state index in [1.807, 2.05) is 6.07 Å². The van der Waals surface area contributed by atoms with Gasteiger partial charge in [0.05, 0.1) is 22.0 Å². The molecule has 7 heteroatoms. The molecule has 0 fully saturated rings. The molecule has 106 valence electrons. The molecule has 3 aromatic rings. The summed E-state index contributed by atoms with van der Waals surface area (Å²) in [5, 5.41) is 12.9. The molecule has 2 N–H and O–H groups in total. The average Bonchev–Trinajstić information content (AvgIpc) is 2.88. The summed E-state index contributed by atoms with van der Waals surface area (Å²) in [6.45, 7) is 0. The van der Waals surface area contributed by atoms with Gasteiger partial charge in [0.1, 0.15) is 5.65 Å². The number of rotatable bonds is 3. The molecule has 0 saturated carbocycles. The second-order valence-electron chi connectivity index (χ2n) is 4.35. The summed E-state index contributed by atoms with van der Waals surface area (Å²) in [5.74, 6) is -1.03. The van der Waals surface area contributed by atoms with Gasteiger partial charge in [0, 0.05) is 29.1 Å². The van der Waals surface area contributed by atoms with Gasteiger partial charge in [0.15, 0.2) is 0 Å². The summed E-state index contributed by atoms with van der Waals surface area (Å²) < 4.78 is 2.50. The van der Waals surface area contributed by atoms with E-state index in [2.05, 4.69) is 26.2 Å². The van der Waals surface area contributed by atoms with E-state index in [4.69, 9.17) is 11.6 Å². The van der Waals surface area contributed by atoms with Crippen molar-refractivity contribution in [2.45, 2.75) is 0 Å². The van der Waals surface area contributed by atoms with Crippen LogP contribution in [0.25, 0.3) is 5.65 Å². The van der Waals surface area contributed by atoms with Crippen molar-refractivity contribution in [3.63, 3.8) is 0 Å². The Hall–Kier alpha value is -2.05. The van der Waals surface area contributed by atoms with E-state index in [0.717, 1.165) is 4.47 Å².